The third-order valence-corrected chi connectivity index (χ3v) is 4.71. The molecule has 2 N–H and O–H groups in total. The number of hydrogen-bond donors (Lipinski definition) is 2. The number of amides is 2. The predicted molar refractivity (Wildman–Crippen MR) is 105 cm³/mol. The Balaban J connectivity index is 1.69. The van der Waals surface area contributed by atoms with Gasteiger partial charge < -0.3 is 10.6 Å². The zero-order valence-corrected chi connectivity index (χ0v) is 15.5. The van der Waals surface area contributed by atoms with Crippen molar-refractivity contribution in [3.63, 3.8) is 0 Å². The highest BCUT2D eigenvalue weighted by molar-refractivity contribution is 7.99. The number of aryl methyl sites for hydroxylation is 2. The van der Waals surface area contributed by atoms with Crippen LogP contribution in [0.5, 0.6) is 0 Å². The maximum atomic E-state index is 12.0. The van der Waals surface area contributed by atoms with E-state index in [-0.39, 0.29) is 18.4 Å². The number of thioether (sulfide) groups is 1. The van der Waals surface area contributed by atoms with Gasteiger partial charge in [0.25, 0.3) is 0 Å². The smallest absolute Gasteiger partial charge is 0.243 e. The summed E-state index contributed by atoms with van der Waals surface area (Å²) in [6.07, 6.45) is 0.846. The Morgan fingerprint density at radius 1 is 1.04 bits per heavy atom. The maximum Gasteiger partial charge on any atom is 0.243 e. The first-order valence-electron chi connectivity index (χ1n) is 8.36. The van der Waals surface area contributed by atoms with Crippen LogP contribution in [0.2, 0.25) is 0 Å². The molecule has 0 bridgehead atoms. The van der Waals surface area contributed by atoms with Crippen LogP contribution in [0.1, 0.15) is 23.6 Å². The molecule has 0 aliphatic carbocycles. The highest BCUT2D eigenvalue weighted by atomic mass is 32.2. The highest BCUT2D eigenvalue weighted by Gasteiger charge is 2.08. The Morgan fingerprint density at radius 2 is 1.84 bits per heavy atom. The molecule has 0 atom stereocenters. The Bertz CT molecular complexity index is 731. The van der Waals surface area contributed by atoms with Crippen molar-refractivity contribution in [3.8, 4) is 0 Å². The van der Waals surface area contributed by atoms with Gasteiger partial charge in [-0.15, -0.1) is 11.8 Å². The van der Waals surface area contributed by atoms with E-state index in [4.69, 9.17) is 0 Å². The molecule has 0 fully saturated rings. The van der Waals surface area contributed by atoms with Gasteiger partial charge in [0, 0.05) is 11.4 Å². The highest BCUT2D eigenvalue weighted by Crippen LogP contribution is 2.15. The minimum Gasteiger partial charge on any atom is -0.346 e. The summed E-state index contributed by atoms with van der Waals surface area (Å²) in [5.74, 6) is 0.785. The minimum atomic E-state index is -0.210. The van der Waals surface area contributed by atoms with Crippen LogP contribution in [0.15, 0.2) is 48.5 Å². The van der Waals surface area contributed by atoms with E-state index >= 15 is 0 Å². The second kappa shape index (κ2) is 9.89. The van der Waals surface area contributed by atoms with E-state index in [0.29, 0.717) is 5.75 Å². The molecular formula is C20H24N2O2S. The second-order valence-corrected chi connectivity index (χ2v) is 6.80. The van der Waals surface area contributed by atoms with E-state index in [1.807, 2.05) is 37.3 Å². The van der Waals surface area contributed by atoms with Crippen molar-refractivity contribution in [2.24, 2.45) is 0 Å². The van der Waals surface area contributed by atoms with Crippen LogP contribution in [0, 0.1) is 6.92 Å². The van der Waals surface area contributed by atoms with Gasteiger partial charge in [0.05, 0.1) is 12.3 Å². The number of para-hydroxylation sites is 1. The fourth-order valence-corrected chi connectivity index (χ4v) is 3.24. The Hall–Kier alpha value is -2.27. The molecule has 0 aliphatic rings. The summed E-state index contributed by atoms with van der Waals surface area (Å²) in [6.45, 7) is 4.08. The standard InChI is InChI=1S/C20H24N2O2S/c1-3-17-9-4-5-10-18(17)22-19(23)12-21-20(24)14-25-13-16-8-6-7-15(2)11-16/h4-11H,3,12-14H2,1-2H3,(H,21,24)(H,22,23). The van der Waals surface area contributed by atoms with E-state index in [2.05, 4.69) is 35.8 Å². The van der Waals surface area contributed by atoms with Crippen molar-refractivity contribution in [2.45, 2.75) is 26.0 Å². The van der Waals surface area contributed by atoms with Gasteiger partial charge in [-0.3, -0.25) is 9.59 Å². The van der Waals surface area contributed by atoms with E-state index in [0.717, 1.165) is 23.4 Å². The van der Waals surface area contributed by atoms with Crippen molar-refractivity contribution < 1.29 is 9.59 Å². The Labute approximate surface area is 153 Å². The number of carbonyl (C=O) groups is 2. The molecule has 5 heteroatoms. The van der Waals surface area contributed by atoms with Crippen LogP contribution in [0.4, 0.5) is 5.69 Å². The fourth-order valence-electron chi connectivity index (χ4n) is 2.44. The van der Waals surface area contributed by atoms with Gasteiger partial charge in [-0.2, -0.15) is 0 Å². The predicted octanol–water partition coefficient (Wildman–Crippen LogP) is 3.55. The van der Waals surface area contributed by atoms with E-state index in [1.165, 1.54) is 11.1 Å². The molecule has 0 aromatic heterocycles. The summed E-state index contributed by atoms with van der Waals surface area (Å²) in [5.41, 5.74) is 4.30. The lowest BCUT2D eigenvalue weighted by Crippen LogP contribution is -2.34. The van der Waals surface area contributed by atoms with Gasteiger partial charge in [0.2, 0.25) is 11.8 Å². The second-order valence-electron chi connectivity index (χ2n) is 5.82. The van der Waals surface area contributed by atoms with Crippen molar-refractivity contribution in [1.82, 2.24) is 5.32 Å². The molecule has 0 saturated carbocycles. The third kappa shape index (κ3) is 6.63. The SMILES string of the molecule is CCc1ccccc1NC(=O)CNC(=O)CSCc1cccc(C)c1. The van der Waals surface area contributed by atoms with E-state index in [1.54, 1.807) is 11.8 Å². The summed E-state index contributed by atoms with van der Waals surface area (Å²) in [7, 11) is 0. The summed E-state index contributed by atoms with van der Waals surface area (Å²) in [5, 5.41) is 5.51. The van der Waals surface area contributed by atoms with Gasteiger partial charge >= 0.3 is 0 Å². The molecule has 2 aromatic carbocycles. The van der Waals surface area contributed by atoms with Crippen molar-refractivity contribution in [2.75, 3.05) is 17.6 Å². The Morgan fingerprint density at radius 3 is 2.60 bits per heavy atom. The average molecular weight is 356 g/mol. The number of benzene rings is 2. The summed E-state index contributed by atoms with van der Waals surface area (Å²) < 4.78 is 0. The zero-order valence-electron chi connectivity index (χ0n) is 14.7. The first kappa shape index (κ1) is 19.1. The molecule has 0 saturated heterocycles. The fraction of sp³-hybridized carbons (Fsp3) is 0.300. The molecule has 132 valence electrons. The van der Waals surface area contributed by atoms with Gasteiger partial charge in [-0.1, -0.05) is 55.0 Å². The maximum absolute atomic E-state index is 12.0. The van der Waals surface area contributed by atoms with Gasteiger partial charge in [0.1, 0.15) is 0 Å². The van der Waals surface area contributed by atoms with Crippen LogP contribution in [-0.2, 0) is 21.8 Å². The molecule has 0 heterocycles. The monoisotopic (exact) mass is 356 g/mol. The third-order valence-electron chi connectivity index (χ3n) is 3.70. The molecule has 2 aromatic rings. The van der Waals surface area contributed by atoms with Gasteiger partial charge in [0.15, 0.2) is 0 Å². The van der Waals surface area contributed by atoms with Crippen molar-refractivity contribution >= 4 is 29.3 Å². The largest absolute Gasteiger partial charge is 0.346 e. The lowest BCUT2D eigenvalue weighted by atomic mass is 10.1. The quantitative estimate of drug-likeness (QED) is 0.760. The molecule has 0 aliphatic heterocycles. The molecule has 2 amide bonds. The topological polar surface area (TPSA) is 58.2 Å². The summed E-state index contributed by atoms with van der Waals surface area (Å²) in [6, 6.07) is 15.9. The molecule has 0 unspecified atom stereocenters. The lowest BCUT2D eigenvalue weighted by Gasteiger charge is -2.10. The number of hydrogen-bond acceptors (Lipinski definition) is 3. The molecule has 2 rings (SSSR count). The number of anilines is 1. The first-order chi connectivity index (χ1) is 12.1. The van der Waals surface area contributed by atoms with Crippen LogP contribution in [0.25, 0.3) is 0 Å². The zero-order chi connectivity index (χ0) is 18.1. The molecular weight excluding hydrogens is 332 g/mol. The average Bonchev–Trinajstić information content (AvgIpc) is 2.60. The molecule has 25 heavy (non-hydrogen) atoms. The molecule has 0 spiro atoms. The van der Waals surface area contributed by atoms with E-state index < -0.39 is 0 Å². The van der Waals surface area contributed by atoms with Gasteiger partial charge in [-0.05, 0) is 30.5 Å². The first-order valence-corrected chi connectivity index (χ1v) is 9.51. The number of nitrogens with one attached hydrogen (secondary N) is 2. The molecule has 4 nitrogen and oxygen atoms in total. The number of rotatable bonds is 8. The lowest BCUT2D eigenvalue weighted by molar-refractivity contribution is -0.122. The van der Waals surface area contributed by atoms with Crippen molar-refractivity contribution in [3.05, 3.63) is 65.2 Å². The van der Waals surface area contributed by atoms with Crippen molar-refractivity contribution in [1.29, 1.82) is 0 Å². The minimum absolute atomic E-state index is 0.0120. The normalized spacial score (nSPS) is 10.3. The molecule has 0 radical (unpaired) electrons. The summed E-state index contributed by atoms with van der Waals surface area (Å²) >= 11 is 1.54. The van der Waals surface area contributed by atoms with Crippen LogP contribution in [-0.4, -0.2) is 24.1 Å². The van der Waals surface area contributed by atoms with Crippen LogP contribution in [0.3, 0.4) is 0 Å². The van der Waals surface area contributed by atoms with Crippen LogP contribution >= 0.6 is 11.8 Å². The van der Waals surface area contributed by atoms with Crippen LogP contribution < -0.4 is 10.6 Å². The number of carbonyl (C=O) groups excluding carboxylic acids is 2. The summed E-state index contributed by atoms with van der Waals surface area (Å²) in [4.78, 5) is 23.9. The van der Waals surface area contributed by atoms with Gasteiger partial charge in [-0.25, -0.2) is 0 Å². The Kier molecular flexibility index (Phi) is 7.54. The van der Waals surface area contributed by atoms with E-state index in [9.17, 15) is 9.59 Å².